The van der Waals surface area contributed by atoms with Gasteiger partial charge in [0.05, 0.1) is 6.42 Å². The second-order valence-electron chi connectivity index (χ2n) is 5.18. The van der Waals surface area contributed by atoms with Crippen molar-refractivity contribution in [3.8, 4) is 0 Å². The Hall–Kier alpha value is -1.69. The van der Waals surface area contributed by atoms with Gasteiger partial charge in [-0.25, -0.2) is 0 Å². The fourth-order valence-electron chi connectivity index (χ4n) is 2.27. The topological polar surface area (TPSA) is 63.7 Å². The summed E-state index contributed by atoms with van der Waals surface area (Å²) in [5.74, 6) is -0.793. The number of likely N-dealkylation sites (tertiary alicyclic amines) is 1. The van der Waals surface area contributed by atoms with Crippen molar-refractivity contribution in [1.29, 1.82) is 0 Å². The minimum absolute atomic E-state index is 0.0117. The molecule has 1 amide bonds. The predicted molar refractivity (Wildman–Crippen MR) is 84.5 cm³/mol. The van der Waals surface area contributed by atoms with Gasteiger partial charge in [0.15, 0.2) is 12.4 Å². The minimum Gasteiger partial charge on any atom is -0.456 e. The highest BCUT2D eigenvalue weighted by Crippen LogP contribution is 2.13. The number of hydrogen-bond acceptors (Lipinski definition) is 4. The van der Waals surface area contributed by atoms with Crippen molar-refractivity contribution in [1.82, 2.24) is 4.90 Å². The van der Waals surface area contributed by atoms with Crippen molar-refractivity contribution < 1.29 is 19.1 Å². The summed E-state index contributed by atoms with van der Waals surface area (Å²) in [4.78, 5) is 36.9. The van der Waals surface area contributed by atoms with Gasteiger partial charge >= 0.3 is 5.97 Å². The van der Waals surface area contributed by atoms with E-state index in [-0.39, 0.29) is 31.1 Å². The number of ketones is 1. The van der Waals surface area contributed by atoms with Crippen LogP contribution in [0.3, 0.4) is 0 Å². The first-order chi connectivity index (χ1) is 10.6. The van der Waals surface area contributed by atoms with Crippen LogP contribution in [0.15, 0.2) is 28.7 Å². The molecule has 118 valence electrons. The highest BCUT2D eigenvalue weighted by molar-refractivity contribution is 9.10. The second-order valence-corrected chi connectivity index (χ2v) is 6.09. The monoisotopic (exact) mass is 367 g/mol. The molecule has 0 radical (unpaired) electrons. The van der Waals surface area contributed by atoms with Crippen LogP contribution in [-0.4, -0.2) is 42.3 Å². The van der Waals surface area contributed by atoms with Crippen molar-refractivity contribution >= 4 is 33.6 Å². The molecule has 0 aliphatic carbocycles. The number of ether oxygens (including phenoxy) is 1. The summed E-state index contributed by atoms with van der Waals surface area (Å²) in [5.41, 5.74) is 0.559. The van der Waals surface area contributed by atoms with Crippen LogP contribution in [0.1, 0.15) is 36.0 Å². The maximum atomic E-state index is 11.9. The molecule has 0 aromatic heterocycles. The van der Waals surface area contributed by atoms with Crippen LogP contribution in [0, 0.1) is 0 Å². The summed E-state index contributed by atoms with van der Waals surface area (Å²) in [6, 6.07) is 6.96. The van der Waals surface area contributed by atoms with E-state index in [4.69, 9.17) is 4.74 Å². The van der Waals surface area contributed by atoms with E-state index in [1.807, 2.05) is 0 Å². The summed E-state index contributed by atoms with van der Waals surface area (Å²) in [6.07, 6.45) is 2.07. The first-order valence-electron chi connectivity index (χ1n) is 7.28. The van der Waals surface area contributed by atoms with Crippen molar-refractivity contribution in [3.05, 3.63) is 34.3 Å². The van der Waals surface area contributed by atoms with E-state index in [2.05, 4.69) is 15.9 Å². The Kier molecular flexibility index (Phi) is 6.12. The zero-order valence-electron chi connectivity index (χ0n) is 12.2. The number of Topliss-reactive ketones (excluding diaryl/α,β-unsaturated/α-hetero) is 1. The highest BCUT2D eigenvalue weighted by atomic mass is 79.9. The quantitative estimate of drug-likeness (QED) is 0.572. The van der Waals surface area contributed by atoms with E-state index in [0.29, 0.717) is 5.56 Å². The van der Waals surface area contributed by atoms with Crippen molar-refractivity contribution in [3.63, 3.8) is 0 Å². The van der Waals surface area contributed by atoms with Crippen LogP contribution >= 0.6 is 15.9 Å². The molecule has 5 nitrogen and oxygen atoms in total. The molecule has 1 heterocycles. The Bertz CT molecular complexity index is 550. The van der Waals surface area contributed by atoms with E-state index in [1.54, 1.807) is 29.2 Å². The Morgan fingerprint density at radius 2 is 1.68 bits per heavy atom. The molecule has 1 aliphatic rings. The molecule has 1 aromatic carbocycles. The number of halogens is 1. The summed E-state index contributed by atoms with van der Waals surface area (Å²) in [5, 5.41) is 0. The van der Waals surface area contributed by atoms with Gasteiger partial charge in [-0.3, -0.25) is 14.4 Å². The number of carbonyl (C=O) groups is 3. The normalized spacial score (nSPS) is 14.0. The number of rotatable bonds is 6. The Morgan fingerprint density at radius 3 is 2.32 bits per heavy atom. The molecule has 1 aromatic rings. The third-order valence-corrected chi connectivity index (χ3v) is 4.07. The van der Waals surface area contributed by atoms with Crippen LogP contribution < -0.4 is 0 Å². The average Bonchev–Trinajstić information content (AvgIpc) is 3.05. The molecule has 0 spiro atoms. The highest BCUT2D eigenvalue weighted by Gasteiger charge is 2.19. The van der Waals surface area contributed by atoms with Crippen LogP contribution in [0.4, 0.5) is 0 Å². The SMILES string of the molecule is O=C(CCC(=O)c1ccc(Br)cc1)OCC(=O)N1CCCC1. The van der Waals surface area contributed by atoms with E-state index < -0.39 is 5.97 Å². The van der Waals surface area contributed by atoms with E-state index >= 15 is 0 Å². The van der Waals surface area contributed by atoms with Crippen LogP contribution in [0.25, 0.3) is 0 Å². The van der Waals surface area contributed by atoms with Crippen molar-refractivity contribution in [2.24, 2.45) is 0 Å². The number of nitrogens with zero attached hydrogens (tertiary/aromatic N) is 1. The minimum atomic E-state index is -0.516. The maximum Gasteiger partial charge on any atom is 0.306 e. The fourth-order valence-corrected chi connectivity index (χ4v) is 2.53. The fraction of sp³-hybridized carbons (Fsp3) is 0.438. The van der Waals surface area contributed by atoms with Gasteiger partial charge in [-0.1, -0.05) is 28.1 Å². The first-order valence-corrected chi connectivity index (χ1v) is 8.08. The standard InChI is InChI=1S/C16H18BrNO4/c17-13-5-3-12(4-6-13)14(19)7-8-16(21)22-11-15(20)18-9-1-2-10-18/h3-6H,1-2,7-11H2. The smallest absolute Gasteiger partial charge is 0.306 e. The lowest BCUT2D eigenvalue weighted by molar-refractivity contribution is -0.151. The molecule has 2 rings (SSSR count). The van der Waals surface area contributed by atoms with E-state index in [9.17, 15) is 14.4 Å². The number of amides is 1. The lowest BCUT2D eigenvalue weighted by Gasteiger charge is -2.14. The molecular formula is C16H18BrNO4. The van der Waals surface area contributed by atoms with E-state index in [1.165, 1.54) is 0 Å². The second kappa shape index (κ2) is 8.08. The summed E-state index contributed by atoms with van der Waals surface area (Å²) in [6.45, 7) is 1.24. The Labute approximate surface area is 137 Å². The van der Waals surface area contributed by atoms with Gasteiger partial charge in [-0.2, -0.15) is 0 Å². The largest absolute Gasteiger partial charge is 0.456 e. The first kappa shape index (κ1) is 16.7. The Morgan fingerprint density at radius 1 is 1.05 bits per heavy atom. The van der Waals surface area contributed by atoms with Gasteiger partial charge in [0, 0.05) is 29.5 Å². The van der Waals surface area contributed by atoms with Crippen molar-refractivity contribution in [2.45, 2.75) is 25.7 Å². The van der Waals surface area contributed by atoms with Gasteiger partial charge in [0.2, 0.25) is 0 Å². The molecule has 0 saturated carbocycles. The van der Waals surface area contributed by atoms with Gasteiger partial charge < -0.3 is 9.64 Å². The van der Waals surface area contributed by atoms with Crippen LogP contribution in [0.2, 0.25) is 0 Å². The number of carbonyl (C=O) groups excluding carboxylic acids is 3. The lowest BCUT2D eigenvalue weighted by atomic mass is 10.1. The summed E-state index contributed by atoms with van der Waals surface area (Å²) >= 11 is 3.30. The summed E-state index contributed by atoms with van der Waals surface area (Å²) in [7, 11) is 0. The number of benzene rings is 1. The summed E-state index contributed by atoms with van der Waals surface area (Å²) < 4.78 is 5.82. The Balaban J connectivity index is 1.69. The maximum absolute atomic E-state index is 11.9. The molecule has 1 aliphatic heterocycles. The van der Waals surface area contributed by atoms with Gasteiger partial charge in [0.1, 0.15) is 0 Å². The molecule has 0 bridgehead atoms. The van der Waals surface area contributed by atoms with Crippen molar-refractivity contribution in [2.75, 3.05) is 19.7 Å². The number of hydrogen-bond donors (Lipinski definition) is 0. The molecule has 0 atom stereocenters. The zero-order valence-corrected chi connectivity index (χ0v) is 13.8. The van der Waals surface area contributed by atoms with Gasteiger partial charge in [-0.15, -0.1) is 0 Å². The van der Waals surface area contributed by atoms with Gasteiger partial charge in [-0.05, 0) is 25.0 Å². The third-order valence-electron chi connectivity index (χ3n) is 3.54. The molecule has 0 N–H and O–H groups in total. The van der Waals surface area contributed by atoms with E-state index in [0.717, 1.165) is 30.4 Å². The molecular weight excluding hydrogens is 350 g/mol. The third kappa shape index (κ3) is 4.94. The molecule has 22 heavy (non-hydrogen) atoms. The molecule has 1 fully saturated rings. The zero-order chi connectivity index (χ0) is 15.9. The van der Waals surface area contributed by atoms with Crippen LogP contribution in [0.5, 0.6) is 0 Å². The molecule has 1 saturated heterocycles. The predicted octanol–water partition coefficient (Wildman–Crippen LogP) is 2.58. The lowest BCUT2D eigenvalue weighted by Crippen LogP contribution is -2.32. The average molecular weight is 368 g/mol. The molecule has 0 unspecified atom stereocenters. The van der Waals surface area contributed by atoms with Gasteiger partial charge in [0.25, 0.3) is 5.91 Å². The molecule has 6 heteroatoms. The number of esters is 1. The van der Waals surface area contributed by atoms with Crippen LogP contribution in [-0.2, 0) is 14.3 Å².